The first kappa shape index (κ1) is 20.1. The number of para-hydroxylation sites is 1. The number of H-pyrrole nitrogens is 1. The van der Waals surface area contributed by atoms with Gasteiger partial charge in [0.15, 0.2) is 0 Å². The van der Waals surface area contributed by atoms with Gasteiger partial charge in [0.05, 0.1) is 13.5 Å². The molecule has 1 aliphatic carbocycles. The van der Waals surface area contributed by atoms with Gasteiger partial charge < -0.3 is 14.5 Å². The van der Waals surface area contributed by atoms with Crippen molar-refractivity contribution < 1.29 is 14.3 Å². The number of aromatic amines is 1. The molecule has 1 saturated carbocycles. The van der Waals surface area contributed by atoms with Crippen molar-refractivity contribution in [2.24, 2.45) is 5.92 Å². The number of fused-ring (bicyclic) bond motifs is 1. The van der Waals surface area contributed by atoms with Crippen LogP contribution in [0.15, 0.2) is 30.3 Å². The lowest BCUT2D eigenvalue weighted by Crippen LogP contribution is -2.56. The van der Waals surface area contributed by atoms with Gasteiger partial charge in [-0.05, 0) is 50.2 Å². The molecule has 2 atom stereocenters. The lowest BCUT2D eigenvalue weighted by atomic mass is 9.83. The Hall–Kier alpha value is -2.83. The summed E-state index contributed by atoms with van der Waals surface area (Å²) < 4.78 is 5.40. The number of aromatic nitrogens is 2. The summed E-state index contributed by atoms with van der Waals surface area (Å²) in [6, 6.07) is 9.82. The van der Waals surface area contributed by atoms with Gasteiger partial charge in [-0.3, -0.25) is 14.7 Å². The summed E-state index contributed by atoms with van der Waals surface area (Å²) >= 11 is 0. The number of hydrogen-bond acceptors (Lipinski definition) is 4. The zero-order valence-electron chi connectivity index (χ0n) is 18.0. The molecule has 164 valence electrons. The lowest BCUT2D eigenvalue weighted by Gasteiger charge is -2.47. The second-order valence-electron chi connectivity index (χ2n) is 9.07. The van der Waals surface area contributed by atoms with Crippen LogP contribution in [0.2, 0.25) is 0 Å². The number of carbonyl (C=O) groups excluding carboxylic acids is 2. The predicted molar refractivity (Wildman–Crippen MR) is 116 cm³/mol. The molecule has 2 amide bonds. The van der Waals surface area contributed by atoms with Gasteiger partial charge >= 0.3 is 0 Å². The molecule has 3 heterocycles. The Labute approximate surface area is 182 Å². The van der Waals surface area contributed by atoms with E-state index in [0.29, 0.717) is 30.5 Å². The second-order valence-corrected chi connectivity index (χ2v) is 9.07. The predicted octanol–water partition coefficient (Wildman–Crippen LogP) is 2.99. The molecule has 1 N–H and O–H groups in total. The third kappa shape index (κ3) is 4.05. The van der Waals surface area contributed by atoms with E-state index in [9.17, 15) is 9.59 Å². The number of amides is 2. The summed E-state index contributed by atoms with van der Waals surface area (Å²) in [6.45, 7) is 2.18. The van der Waals surface area contributed by atoms with E-state index < -0.39 is 0 Å². The standard InChI is InChI=1S/C24H30N4O3/c1-31-22-7-3-2-5-17(22)13-23(29)27-12-10-21-18(15-27)6-4-11-28(21)24(30)20-14-19(25-26-20)16-8-9-16/h2-3,5,7,14,16,18,21H,4,6,8-13,15H2,1H3,(H,25,26)/t18-,21-/m1/s1. The van der Waals surface area contributed by atoms with Crippen molar-refractivity contribution in [3.8, 4) is 5.75 Å². The molecular weight excluding hydrogens is 392 g/mol. The number of benzene rings is 1. The van der Waals surface area contributed by atoms with E-state index >= 15 is 0 Å². The zero-order chi connectivity index (χ0) is 21.4. The van der Waals surface area contributed by atoms with Gasteiger partial charge in [0.2, 0.25) is 5.91 Å². The van der Waals surface area contributed by atoms with E-state index in [0.717, 1.165) is 49.4 Å². The van der Waals surface area contributed by atoms with Crippen LogP contribution in [0.4, 0.5) is 0 Å². The van der Waals surface area contributed by atoms with Gasteiger partial charge in [-0.25, -0.2) is 0 Å². The number of methoxy groups -OCH3 is 1. The van der Waals surface area contributed by atoms with Crippen molar-refractivity contribution in [2.75, 3.05) is 26.7 Å². The molecule has 0 unspecified atom stereocenters. The molecule has 2 saturated heterocycles. The number of likely N-dealkylation sites (tertiary alicyclic amines) is 2. The van der Waals surface area contributed by atoms with Gasteiger partial charge in [0.1, 0.15) is 11.4 Å². The summed E-state index contributed by atoms with van der Waals surface area (Å²) in [6.07, 6.45) is 5.57. The molecule has 7 heteroatoms. The van der Waals surface area contributed by atoms with Crippen LogP contribution in [0, 0.1) is 5.92 Å². The molecule has 1 aromatic carbocycles. The highest BCUT2D eigenvalue weighted by molar-refractivity contribution is 5.92. The number of nitrogens with zero attached hydrogens (tertiary/aromatic N) is 3. The fourth-order valence-corrected chi connectivity index (χ4v) is 5.20. The van der Waals surface area contributed by atoms with Crippen LogP contribution < -0.4 is 4.74 Å². The minimum Gasteiger partial charge on any atom is -0.496 e. The molecule has 0 radical (unpaired) electrons. The van der Waals surface area contributed by atoms with Crippen LogP contribution >= 0.6 is 0 Å². The van der Waals surface area contributed by atoms with Gasteiger partial charge in [-0.2, -0.15) is 5.10 Å². The SMILES string of the molecule is COc1ccccc1CC(=O)N1CC[C@@H]2[C@H](CCCN2C(=O)c2cc(C3CC3)[nH]n2)C1. The Kier molecular flexibility index (Phi) is 5.42. The normalized spacial score (nSPS) is 23.4. The van der Waals surface area contributed by atoms with Crippen molar-refractivity contribution in [1.29, 1.82) is 0 Å². The number of nitrogens with one attached hydrogen (secondary N) is 1. The van der Waals surface area contributed by atoms with Gasteiger partial charge in [0.25, 0.3) is 5.91 Å². The number of ether oxygens (including phenoxy) is 1. The van der Waals surface area contributed by atoms with Crippen LogP contribution in [0.3, 0.4) is 0 Å². The molecule has 3 fully saturated rings. The van der Waals surface area contributed by atoms with E-state index in [-0.39, 0.29) is 17.9 Å². The molecule has 2 aliphatic heterocycles. The average Bonchev–Trinajstić information content (AvgIpc) is 3.54. The first-order chi connectivity index (χ1) is 15.1. The van der Waals surface area contributed by atoms with E-state index in [1.807, 2.05) is 40.1 Å². The van der Waals surface area contributed by atoms with E-state index in [2.05, 4.69) is 10.2 Å². The van der Waals surface area contributed by atoms with Gasteiger partial charge in [-0.15, -0.1) is 0 Å². The molecule has 1 aromatic heterocycles. The minimum absolute atomic E-state index is 0.0339. The highest BCUT2D eigenvalue weighted by Crippen LogP contribution is 2.39. The quantitative estimate of drug-likeness (QED) is 0.804. The Bertz CT molecular complexity index is 967. The Morgan fingerprint density at radius 1 is 1.16 bits per heavy atom. The Morgan fingerprint density at radius 2 is 2.00 bits per heavy atom. The summed E-state index contributed by atoms with van der Waals surface area (Å²) in [7, 11) is 1.63. The monoisotopic (exact) mass is 422 g/mol. The molecule has 31 heavy (non-hydrogen) atoms. The summed E-state index contributed by atoms with van der Waals surface area (Å²) in [5.74, 6) is 1.81. The maximum absolute atomic E-state index is 13.2. The third-order valence-electron chi connectivity index (χ3n) is 7.05. The van der Waals surface area contributed by atoms with Crippen LogP contribution in [-0.2, 0) is 11.2 Å². The maximum Gasteiger partial charge on any atom is 0.274 e. The van der Waals surface area contributed by atoms with Crippen LogP contribution in [-0.4, -0.2) is 64.6 Å². The summed E-state index contributed by atoms with van der Waals surface area (Å²) in [5.41, 5.74) is 2.55. The van der Waals surface area contributed by atoms with E-state index in [1.165, 1.54) is 12.8 Å². The van der Waals surface area contributed by atoms with Crippen molar-refractivity contribution >= 4 is 11.8 Å². The first-order valence-electron chi connectivity index (χ1n) is 11.4. The smallest absolute Gasteiger partial charge is 0.274 e. The van der Waals surface area contributed by atoms with Crippen LogP contribution in [0.5, 0.6) is 5.75 Å². The number of hydrogen-bond donors (Lipinski definition) is 1. The molecule has 7 nitrogen and oxygen atoms in total. The lowest BCUT2D eigenvalue weighted by molar-refractivity contribution is -0.133. The minimum atomic E-state index is 0.0339. The Morgan fingerprint density at radius 3 is 2.81 bits per heavy atom. The number of piperidine rings is 2. The average molecular weight is 423 g/mol. The number of rotatable bonds is 5. The zero-order valence-corrected chi connectivity index (χ0v) is 18.0. The molecular formula is C24H30N4O3. The van der Waals surface area contributed by atoms with Crippen LogP contribution in [0.1, 0.15) is 59.8 Å². The fraction of sp³-hybridized carbons (Fsp3) is 0.542. The molecule has 2 aromatic rings. The highest BCUT2D eigenvalue weighted by atomic mass is 16.5. The molecule has 3 aliphatic rings. The van der Waals surface area contributed by atoms with Crippen molar-refractivity contribution in [1.82, 2.24) is 20.0 Å². The van der Waals surface area contributed by atoms with Crippen molar-refractivity contribution in [2.45, 2.75) is 50.5 Å². The molecule has 0 bridgehead atoms. The summed E-state index contributed by atoms with van der Waals surface area (Å²) in [5, 5.41) is 7.36. The summed E-state index contributed by atoms with van der Waals surface area (Å²) in [4.78, 5) is 30.2. The number of carbonyl (C=O) groups is 2. The third-order valence-corrected chi connectivity index (χ3v) is 7.05. The van der Waals surface area contributed by atoms with E-state index in [1.54, 1.807) is 7.11 Å². The second kappa shape index (κ2) is 8.36. The fourth-order valence-electron chi connectivity index (χ4n) is 5.20. The largest absolute Gasteiger partial charge is 0.496 e. The van der Waals surface area contributed by atoms with Crippen molar-refractivity contribution in [3.63, 3.8) is 0 Å². The first-order valence-corrected chi connectivity index (χ1v) is 11.4. The van der Waals surface area contributed by atoms with E-state index in [4.69, 9.17) is 4.74 Å². The topological polar surface area (TPSA) is 78.5 Å². The highest BCUT2D eigenvalue weighted by Gasteiger charge is 2.40. The van der Waals surface area contributed by atoms with Gasteiger partial charge in [-0.1, -0.05) is 18.2 Å². The van der Waals surface area contributed by atoms with Crippen LogP contribution in [0.25, 0.3) is 0 Å². The Balaban J connectivity index is 1.24. The maximum atomic E-state index is 13.2. The molecule has 0 spiro atoms. The molecule has 5 rings (SSSR count). The van der Waals surface area contributed by atoms with Crippen molar-refractivity contribution in [3.05, 3.63) is 47.3 Å². The van der Waals surface area contributed by atoms with Gasteiger partial charge in [0, 0.05) is 42.9 Å².